The lowest BCUT2D eigenvalue weighted by Crippen LogP contribution is -2.28. The van der Waals surface area contributed by atoms with Crippen LogP contribution in [-0.4, -0.2) is 29.1 Å². The topological polar surface area (TPSA) is 35.9 Å². The Balaban J connectivity index is 1.51. The zero-order valence-corrected chi connectivity index (χ0v) is 16.5. The number of likely N-dealkylation sites (N-methyl/N-ethyl adjacent to an activating group) is 1. The normalized spacial score (nSPS) is 19.4. The second kappa shape index (κ2) is 7.61. The first-order valence-electron chi connectivity index (χ1n) is 9.37. The standard InChI is InChI=1S/C22H23N3OS/c1-3-23-22-25(4-2)21(26)20(27-22)13-16-9-11-19(12-10-16)24-14-17-7-5-6-8-18(17)15-24/h5-13H,3-4,14-15H2,1-2H3/b20-13+,23-22?. The van der Waals surface area contributed by atoms with E-state index in [-0.39, 0.29) is 5.91 Å². The number of carbonyl (C=O) groups is 1. The van der Waals surface area contributed by atoms with E-state index in [1.54, 1.807) is 4.90 Å². The van der Waals surface area contributed by atoms with Gasteiger partial charge in [0, 0.05) is 31.9 Å². The summed E-state index contributed by atoms with van der Waals surface area (Å²) in [6.07, 6.45) is 1.97. The summed E-state index contributed by atoms with van der Waals surface area (Å²) in [6, 6.07) is 17.1. The minimum Gasteiger partial charge on any atom is -0.363 e. The van der Waals surface area contributed by atoms with Crippen LogP contribution in [0.25, 0.3) is 6.08 Å². The Morgan fingerprint density at radius 3 is 2.30 bits per heavy atom. The molecule has 2 aromatic carbocycles. The van der Waals surface area contributed by atoms with E-state index in [1.165, 1.54) is 28.6 Å². The van der Waals surface area contributed by atoms with Crippen LogP contribution in [0.2, 0.25) is 0 Å². The maximum atomic E-state index is 12.6. The quantitative estimate of drug-likeness (QED) is 0.735. The van der Waals surface area contributed by atoms with Crippen molar-refractivity contribution in [3.05, 3.63) is 70.1 Å². The van der Waals surface area contributed by atoms with Crippen LogP contribution in [0.1, 0.15) is 30.5 Å². The van der Waals surface area contributed by atoms with E-state index in [4.69, 9.17) is 0 Å². The summed E-state index contributed by atoms with van der Waals surface area (Å²) in [6.45, 7) is 7.21. The largest absolute Gasteiger partial charge is 0.363 e. The molecule has 0 atom stereocenters. The third kappa shape index (κ3) is 3.52. The van der Waals surface area contributed by atoms with Gasteiger partial charge < -0.3 is 4.90 Å². The molecule has 1 fully saturated rings. The number of rotatable bonds is 4. The molecule has 0 aliphatic carbocycles. The highest BCUT2D eigenvalue weighted by Gasteiger charge is 2.31. The minimum absolute atomic E-state index is 0.0498. The van der Waals surface area contributed by atoms with E-state index < -0.39 is 0 Å². The van der Waals surface area contributed by atoms with Gasteiger partial charge in [0.2, 0.25) is 0 Å². The maximum Gasteiger partial charge on any atom is 0.266 e. The summed E-state index contributed by atoms with van der Waals surface area (Å²) in [5.74, 6) is 0.0498. The monoisotopic (exact) mass is 377 g/mol. The number of carbonyl (C=O) groups excluding carboxylic acids is 1. The minimum atomic E-state index is 0.0498. The third-order valence-electron chi connectivity index (χ3n) is 4.89. The Labute approximate surface area is 164 Å². The number of amidine groups is 1. The number of nitrogens with zero attached hydrogens (tertiary/aromatic N) is 3. The van der Waals surface area contributed by atoms with Crippen LogP contribution >= 0.6 is 11.8 Å². The zero-order valence-electron chi connectivity index (χ0n) is 15.7. The van der Waals surface area contributed by atoms with E-state index in [0.717, 1.165) is 28.7 Å². The Morgan fingerprint density at radius 2 is 1.70 bits per heavy atom. The molecule has 0 saturated carbocycles. The van der Waals surface area contributed by atoms with E-state index in [1.807, 2.05) is 19.9 Å². The number of thioether (sulfide) groups is 1. The van der Waals surface area contributed by atoms with Gasteiger partial charge in [-0.3, -0.25) is 14.7 Å². The van der Waals surface area contributed by atoms with E-state index in [0.29, 0.717) is 13.1 Å². The fourth-order valence-electron chi connectivity index (χ4n) is 3.49. The predicted molar refractivity (Wildman–Crippen MR) is 114 cm³/mol. The van der Waals surface area contributed by atoms with Gasteiger partial charge >= 0.3 is 0 Å². The van der Waals surface area contributed by atoms with E-state index >= 15 is 0 Å². The summed E-state index contributed by atoms with van der Waals surface area (Å²) >= 11 is 1.47. The van der Waals surface area contributed by atoms with Crippen LogP contribution in [0.15, 0.2) is 58.4 Å². The Hall–Kier alpha value is -2.53. The molecule has 2 aliphatic heterocycles. The third-order valence-corrected chi connectivity index (χ3v) is 5.94. The maximum absolute atomic E-state index is 12.6. The first-order chi connectivity index (χ1) is 13.2. The molecular formula is C22H23N3OS. The molecule has 0 aromatic heterocycles. The molecule has 0 N–H and O–H groups in total. The van der Waals surface area contributed by atoms with Crippen molar-refractivity contribution in [2.24, 2.45) is 4.99 Å². The van der Waals surface area contributed by atoms with Crippen LogP contribution < -0.4 is 4.90 Å². The zero-order chi connectivity index (χ0) is 18.8. The van der Waals surface area contributed by atoms with Gasteiger partial charge in [0.15, 0.2) is 5.17 Å². The molecule has 138 valence electrons. The van der Waals surface area contributed by atoms with Gasteiger partial charge in [-0.2, -0.15) is 0 Å². The number of fused-ring (bicyclic) bond motifs is 1. The average Bonchev–Trinajstić information content (AvgIpc) is 3.24. The molecule has 5 heteroatoms. The molecule has 0 radical (unpaired) electrons. The number of benzene rings is 2. The van der Waals surface area contributed by atoms with Crippen LogP contribution in [0, 0.1) is 0 Å². The highest BCUT2D eigenvalue weighted by molar-refractivity contribution is 8.18. The van der Waals surface area contributed by atoms with Gasteiger partial charge in [-0.1, -0.05) is 36.4 Å². The van der Waals surface area contributed by atoms with Crippen molar-refractivity contribution in [1.29, 1.82) is 0 Å². The molecule has 4 rings (SSSR count). The molecule has 2 aromatic rings. The fraction of sp³-hybridized carbons (Fsp3) is 0.273. The smallest absolute Gasteiger partial charge is 0.266 e. The SMILES string of the molecule is CCN=C1S/C(=C/c2ccc(N3Cc4ccccc4C3)cc2)C(=O)N1CC. The predicted octanol–water partition coefficient (Wildman–Crippen LogP) is 4.52. The van der Waals surface area contributed by atoms with E-state index in [9.17, 15) is 4.79 Å². The van der Waals surface area contributed by atoms with Gasteiger partial charge in [-0.15, -0.1) is 0 Å². The molecule has 4 nitrogen and oxygen atoms in total. The van der Waals surface area contributed by atoms with Gasteiger partial charge in [0.1, 0.15) is 0 Å². The summed E-state index contributed by atoms with van der Waals surface area (Å²) in [4.78, 5) is 21.9. The molecule has 27 heavy (non-hydrogen) atoms. The number of amides is 1. The fourth-order valence-corrected chi connectivity index (χ4v) is 4.59. The summed E-state index contributed by atoms with van der Waals surface area (Å²) in [5.41, 5.74) is 5.06. The van der Waals surface area contributed by atoms with Crippen molar-refractivity contribution in [2.45, 2.75) is 26.9 Å². The van der Waals surface area contributed by atoms with Crippen molar-refractivity contribution in [2.75, 3.05) is 18.0 Å². The Bertz CT molecular complexity index is 892. The highest BCUT2D eigenvalue weighted by atomic mass is 32.2. The van der Waals surface area contributed by atoms with E-state index in [2.05, 4.69) is 58.4 Å². The molecular weight excluding hydrogens is 354 g/mol. The molecule has 1 amide bonds. The lowest BCUT2D eigenvalue weighted by molar-refractivity contribution is -0.122. The number of hydrogen-bond acceptors (Lipinski definition) is 4. The molecule has 2 heterocycles. The molecule has 1 saturated heterocycles. The first-order valence-corrected chi connectivity index (χ1v) is 10.2. The molecule has 0 bridgehead atoms. The lowest BCUT2D eigenvalue weighted by atomic mass is 10.1. The van der Waals surface area contributed by atoms with Crippen molar-refractivity contribution in [3.8, 4) is 0 Å². The van der Waals surface area contributed by atoms with Gasteiger partial charge in [0.05, 0.1) is 4.91 Å². The second-order valence-electron chi connectivity index (χ2n) is 6.63. The molecule has 2 aliphatic rings. The number of aliphatic imine (C=N–C) groups is 1. The van der Waals surface area contributed by atoms with Crippen LogP contribution in [0.5, 0.6) is 0 Å². The average molecular weight is 378 g/mol. The van der Waals surface area contributed by atoms with Crippen molar-refractivity contribution < 1.29 is 4.79 Å². The van der Waals surface area contributed by atoms with Crippen molar-refractivity contribution in [3.63, 3.8) is 0 Å². The first kappa shape index (κ1) is 17.9. The van der Waals surface area contributed by atoms with Crippen LogP contribution in [0.3, 0.4) is 0 Å². The Kier molecular flexibility index (Phi) is 5.03. The number of hydrogen-bond donors (Lipinski definition) is 0. The highest BCUT2D eigenvalue weighted by Crippen LogP contribution is 2.33. The van der Waals surface area contributed by atoms with Gasteiger partial charge in [-0.05, 0) is 60.5 Å². The second-order valence-corrected chi connectivity index (χ2v) is 7.64. The summed E-state index contributed by atoms with van der Waals surface area (Å²) in [7, 11) is 0. The lowest BCUT2D eigenvalue weighted by Gasteiger charge is -2.17. The van der Waals surface area contributed by atoms with Gasteiger partial charge in [-0.25, -0.2) is 0 Å². The van der Waals surface area contributed by atoms with Gasteiger partial charge in [0.25, 0.3) is 5.91 Å². The van der Waals surface area contributed by atoms with Crippen LogP contribution in [0.4, 0.5) is 5.69 Å². The molecule has 0 unspecified atom stereocenters. The van der Waals surface area contributed by atoms with Crippen molar-refractivity contribution >= 4 is 34.6 Å². The van der Waals surface area contributed by atoms with Crippen LogP contribution in [-0.2, 0) is 17.9 Å². The van der Waals surface area contributed by atoms with Crippen molar-refractivity contribution in [1.82, 2.24) is 4.90 Å². The summed E-state index contributed by atoms with van der Waals surface area (Å²) < 4.78 is 0. The summed E-state index contributed by atoms with van der Waals surface area (Å²) in [5, 5.41) is 0.808. The Morgan fingerprint density at radius 1 is 1.04 bits per heavy atom. The molecule has 0 spiro atoms. The number of anilines is 1.